The molecule has 3 aromatic carbocycles. The lowest BCUT2D eigenvalue weighted by Crippen LogP contribution is -2.47. The van der Waals surface area contributed by atoms with Crippen LogP contribution in [-0.4, -0.2) is 35.6 Å². The van der Waals surface area contributed by atoms with Crippen molar-refractivity contribution in [3.05, 3.63) is 88.7 Å². The van der Waals surface area contributed by atoms with Gasteiger partial charge in [-0.3, -0.25) is 9.59 Å². The second-order valence-electron chi connectivity index (χ2n) is 10.1. The average Bonchev–Trinajstić information content (AvgIpc) is 3.45. The lowest BCUT2D eigenvalue weighted by molar-refractivity contribution is -0.137. The van der Waals surface area contributed by atoms with Crippen LogP contribution in [0.4, 0.5) is 9.52 Å². The Morgan fingerprint density at radius 3 is 2.63 bits per heavy atom. The average molecular weight is 576 g/mol. The summed E-state index contributed by atoms with van der Waals surface area (Å²) in [6.07, 6.45) is 3.04. The molecule has 0 radical (unpaired) electrons. The Balaban J connectivity index is 1.37. The summed E-state index contributed by atoms with van der Waals surface area (Å²) < 4.78 is 27.0. The summed E-state index contributed by atoms with van der Waals surface area (Å²) in [7, 11) is 1.56. The van der Waals surface area contributed by atoms with Crippen LogP contribution in [0.5, 0.6) is 17.2 Å². The van der Waals surface area contributed by atoms with Crippen molar-refractivity contribution >= 4 is 28.3 Å². The molecule has 4 aromatic rings. The Morgan fingerprint density at radius 2 is 1.95 bits per heavy atom. The van der Waals surface area contributed by atoms with E-state index in [1.165, 1.54) is 17.4 Å². The van der Waals surface area contributed by atoms with Gasteiger partial charge in [0.05, 0.1) is 7.11 Å². The molecule has 1 aliphatic heterocycles. The lowest BCUT2D eigenvalue weighted by Gasteiger charge is -2.37. The van der Waals surface area contributed by atoms with Crippen molar-refractivity contribution in [1.29, 1.82) is 0 Å². The number of carboxylic acids is 1. The Kier molecular flexibility index (Phi) is 8.32. The van der Waals surface area contributed by atoms with Gasteiger partial charge in [-0.2, -0.15) is 0 Å². The van der Waals surface area contributed by atoms with E-state index in [2.05, 4.69) is 15.6 Å². The SMILES string of the molecule is COc1cc2c(cc1Oc1ccc(-c3ccc(CCC(=O)O)cc3)c(F)c1)[C@@](C)(CC(=O)Nc1nccs1)NCC2. The number of nitrogens with zero attached hydrogens (tertiary/aromatic N) is 1. The summed E-state index contributed by atoms with van der Waals surface area (Å²) in [6, 6.07) is 15.6. The number of hydrogen-bond acceptors (Lipinski definition) is 7. The third kappa shape index (κ3) is 6.55. The molecular weight excluding hydrogens is 545 g/mol. The number of carboxylic acid groups (broad SMARTS) is 1. The fourth-order valence-corrected chi connectivity index (χ4v) is 5.63. The first-order valence-corrected chi connectivity index (χ1v) is 14.1. The number of nitrogens with one attached hydrogen (secondary N) is 2. The van der Waals surface area contributed by atoms with Crippen molar-refractivity contribution in [2.75, 3.05) is 19.0 Å². The zero-order valence-electron chi connectivity index (χ0n) is 22.7. The van der Waals surface area contributed by atoms with Crippen LogP contribution in [0.25, 0.3) is 11.1 Å². The molecule has 5 rings (SSSR count). The van der Waals surface area contributed by atoms with Crippen LogP contribution < -0.4 is 20.1 Å². The number of aryl methyl sites for hydroxylation is 1. The molecule has 1 amide bonds. The standard InChI is InChI=1S/C31H30FN3O5S/c1-31(18-28(36)35-30-33-13-14-41-30)24-17-27(26(39-2)15-21(24)11-12-34-31)40-22-8-9-23(25(32)16-22)20-6-3-19(4-7-20)5-10-29(37)38/h3-4,6-9,13-17,34H,5,10-12,18H2,1-2H3,(H,37,38)(H,33,35,36)/t31-/m1/s1. The van der Waals surface area contributed by atoms with Crippen LogP contribution in [0.1, 0.15) is 36.5 Å². The first-order valence-electron chi connectivity index (χ1n) is 13.2. The van der Waals surface area contributed by atoms with E-state index in [-0.39, 0.29) is 18.7 Å². The number of fused-ring (bicyclic) bond motifs is 1. The first kappa shape index (κ1) is 28.3. The molecule has 0 aliphatic carbocycles. The lowest BCUT2D eigenvalue weighted by atomic mass is 9.81. The molecule has 0 spiro atoms. The highest BCUT2D eigenvalue weighted by atomic mass is 32.1. The molecule has 41 heavy (non-hydrogen) atoms. The number of thiazole rings is 1. The third-order valence-electron chi connectivity index (χ3n) is 7.15. The predicted molar refractivity (Wildman–Crippen MR) is 155 cm³/mol. The molecule has 3 N–H and O–H groups in total. The number of rotatable bonds is 10. The van der Waals surface area contributed by atoms with Gasteiger partial charge in [-0.05, 0) is 66.3 Å². The Hall–Kier alpha value is -4.28. The number of aromatic nitrogens is 1. The van der Waals surface area contributed by atoms with Gasteiger partial charge in [0.1, 0.15) is 11.6 Å². The van der Waals surface area contributed by atoms with Gasteiger partial charge in [-0.15, -0.1) is 11.3 Å². The van der Waals surface area contributed by atoms with Gasteiger partial charge < -0.3 is 25.2 Å². The van der Waals surface area contributed by atoms with Crippen molar-refractivity contribution in [3.8, 4) is 28.4 Å². The second kappa shape index (κ2) is 12.1. The van der Waals surface area contributed by atoms with E-state index in [0.29, 0.717) is 46.5 Å². The molecule has 0 saturated carbocycles. The highest BCUT2D eigenvalue weighted by Gasteiger charge is 2.35. The number of carbonyl (C=O) groups excluding carboxylic acids is 1. The molecule has 1 aromatic heterocycles. The van der Waals surface area contributed by atoms with E-state index in [0.717, 1.165) is 23.1 Å². The Morgan fingerprint density at radius 1 is 1.15 bits per heavy atom. The minimum absolute atomic E-state index is 0.0426. The van der Waals surface area contributed by atoms with Crippen LogP contribution in [0.3, 0.4) is 0 Å². The van der Waals surface area contributed by atoms with Gasteiger partial charge in [-0.1, -0.05) is 24.3 Å². The van der Waals surface area contributed by atoms with Crippen LogP contribution in [-0.2, 0) is 28.0 Å². The van der Waals surface area contributed by atoms with Crippen LogP contribution in [0.2, 0.25) is 0 Å². The highest BCUT2D eigenvalue weighted by molar-refractivity contribution is 7.13. The summed E-state index contributed by atoms with van der Waals surface area (Å²) >= 11 is 1.36. The molecule has 2 heterocycles. The zero-order chi connectivity index (χ0) is 29.0. The maximum Gasteiger partial charge on any atom is 0.303 e. The normalized spacial score (nSPS) is 16.1. The minimum atomic E-state index is -0.857. The Labute approximate surface area is 241 Å². The zero-order valence-corrected chi connectivity index (χ0v) is 23.5. The smallest absolute Gasteiger partial charge is 0.303 e. The largest absolute Gasteiger partial charge is 0.493 e. The van der Waals surface area contributed by atoms with E-state index in [1.807, 2.05) is 31.2 Å². The molecular formula is C31H30FN3O5S. The monoisotopic (exact) mass is 575 g/mol. The predicted octanol–water partition coefficient (Wildman–Crippen LogP) is 6.16. The van der Waals surface area contributed by atoms with E-state index in [1.54, 1.807) is 43.0 Å². The summed E-state index contributed by atoms with van der Waals surface area (Å²) in [4.78, 5) is 27.8. The van der Waals surface area contributed by atoms with Gasteiger partial charge >= 0.3 is 5.97 Å². The number of carbonyl (C=O) groups is 2. The molecule has 0 bridgehead atoms. The number of anilines is 1. The fraction of sp³-hybridized carbons (Fsp3) is 0.258. The molecule has 1 aliphatic rings. The van der Waals surface area contributed by atoms with E-state index in [9.17, 15) is 9.59 Å². The van der Waals surface area contributed by atoms with Gasteiger partial charge in [0, 0.05) is 48.1 Å². The number of aliphatic carboxylic acids is 1. The van der Waals surface area contributed by atoms with Crippen molar-refractivity contribution in [2.24, 2.45) is 0 Å². The minimum Gasteiger partial charge on any atom is -0.493 e. The molecule has 0 fully saturated rings. The van der Waals surface area contributed by atoms with Crippen LogP contribution in [0.15, 0.2) is 66.2 Å². The molecule has 1 atom stereocenters. The molecule has 212 valence electrons. The first-order chi connectivity index (χ1) is 19.7. The quantitative estimate of drug-likeness (QED) is 0.208. The van der Waals surface area contributed by atoms with E-state index >= 15 is 4.39 Å². The van der Waals surface area contributed by atoms with Crippen LogP contribution in [0, 0.1) is 5.82 Å². The maximum atomic E-state index is 15.2. The third-order valence-corrected chi connectivity index (χ3v) is 7.84. The summed E-state index contributed by atoms with van der Waals surface area (Å²) in [5, 5.41) is 17.6. The summed E-state index contributed by atoms with van der Waals surface area (Å²) in [5.41, 5.74) is 3.25. The number of ether oxygens (including phenoxy) is 2. The van der Waals surface area contributed by atoms with Gasteiger partial charge in [0.2, 0.25) is 5.91 Å². The maximum absolute atomic E-state index is 15.2. The van der Waals surface area contributed by atoms with Crippen molar-refractivity contribution in [3.63, 3.8) is 0 Å². The van der Waals surface area contributed by atoms with Gasteiger partial charge in [0.15, 0.2) is 16.6 Å². The molecule has 8 nitrogen and oxygen atoms in total. The topological polar surface area (TPSA) is 110 Å². The highest BCUT2D eigenvalue weighted by Crippen LogP contribution is 2.41. The second-order valence-corrected chi connectivity index (χ2v) is 11.0. The summed E-state index contributed by atoms with van der Waals surface area (Å²) in [6.45, 7) is 2.68. The van der Waals surface area contributed by atoms with Crippen molar-refractivity contribution in [2.45, 2.75) is 38.1 Å². The summed E-state index contributed by atoms with van der Waals surface area (Å²) in [5.74, 6) is -0.242. The van der Waals surface area contributed by atoms with Crippen molar-refractivity contribution < 1.29 is 28.6 Å². The fourth-order valence-electron chi connectivity index (χ4n) is 5.08. The number of halogens is 1. The van der Waals surface area contributed by atoms with Crippen molar-refractivity contribution in [1.82, 2.24) is 10.3 Å². The number of benzene rings is 3. The van der Waals surface area contributed by atoms with E-state index in [4.69, 9.17) is 14.6 Å². The van der Waals surface area contributed by atoms with Crippen LogP contribution >= 0.6 is 11.3 Å². The number of hydrogen-bond donors (Lipinski definition) is 3. The number of amides is 1. The number of methoxy groups -OCH3 is 1. The molecule has 0 saturated heterocycles. The Bertz CT molecular complexity index is 1560. The molecule has 10 heteroatoms. The van der Waals surface area contributed by atoms with Gasteiger partial charge in [0.25, 0.3) is 0 Å². The molecule has 0 unspecified atom stereocenters. The van der Waals surface area contributed by atoms with E-state index < -0.39 is 17.3 Å². The van der Waals surface area contributed by atoms with Gasteiger partial charge in [-0.25, -0.2) is 9.37 Å².